The van der Waals surface area contributed by atoms with Gasteiger partial charge in [0.1, 0.15) is 0 Å². The first-order valence-electron chi connectivity index (χ1n) is 12.5. The number of nitrogens with zero attached hydrogens (tertiary/aromatic N) is 1. The molecule has 0 rings (SSSR count). The minimum Gasteiger partial charge on any atom is -0.748 e. The van der Waals surface area contributed by atoms with Crippen molar-refractivity contribution in [1.29, 1.82) is 0 Å². The van der Waals surface area contributed by atoms with Crippen LogP contribution >= 0.6 is 7.75 Å². The van der Waals surface area contributed by atoms with E-state index in [-0.39, 0.29) is 25.4 Å². The van der Waals surface area contributed by atoms with Gasteiger partial charge in [-0.3, -0.25) is 9.05 Å². The molecule has 0 unspecified atom stereocenters. The number of allylic oxidation sites excluding steroid dienone is 6. The highest BCUT2D eigenvalue weighted by molar-refractivity contribution is 7.85. The summed E-state index contributed by atoms with van der Waals surface area (Å²) in [7, 11) is -3.84. The van der Waals surface area contributed by atoms with Gasteiger partial charge in [0.15, 0.2) is 0 Å². The summed E-state index contributed by atoms with van der Waals surface area (Å²) in [6, 6.07) is 0. The Bertz CT molecular complexity index is 771. The quantitative estimate of drug-likeness (QED) is 0.0658. The van der Waals surface area contributed by atoms with Gasteiger partial charge in [-0.15, -0.1) is 0 Å². The van der Waals surface area contributed by atoms with Crippen LogP contribution in [0.4, 0.5) is 0 Å². The van der Waals surface area contributed by atoms with Crippen LogP contribution in [0.15, 0.2) is 48.6 Å². The lowest BCUT2D eigenvalue weighted by atomic mass is 10.3. The van der Waals surface area contributed by atoms with E-state index in [1.807, 2.05) is 26.2 Å². The summed E-state index contributed by atoms with van der Waals surface area (Å²) in [5.41, 5.74) is 0. The van der Waals surface area contributed by atoms with Crippen molar-refractivity contribution >= 4 is 17.9 Å². The molecule has 0 aromatic heterocycles. The molecule has 0 fully saturated rings. The van der Waals surface area contributed by atoms with Crippen LogP contribution < -0.4 is 5.09 Å². The van der Waals surface area contributed by atoms with Gasteiger partial charge in [-0.25, -0.2) is 18.1 Å². The first-order valence-corrected chi connectivity index (χ1v) is 15.7. The third-order valence-electron chi connectivity index (χ3n) is 4.95. The molecule has 0 bridgehead atoms. The Labute approximate surface area is 214 Å². The molecule has 10 heteroatoms. The predicted molar refractivity (Wildman–Crippen MR) is 144 cm³/mol. The summed E-state index contributed by atoms with van der Waals surface area (Å²) in [6.45, 7) is 6.19. The van der Waals surface area contributed by atoms with Crippen LogP contribution in [0.3, 0.4) is 0 Å². The van der Waals surface area contributed by atoms with Crippen molar-refractivity contribution in [1.82, 2.24) is 5.09 Å². The molecule has 0 saturated heterocycles. The molecule has 0 heterocycles. The highest BCUT2D eigenvalue weighted by Gasteiger charge is 2.25. The first-order chi connectivity index (χ1) is 16.5. The minimum absolute atomic E-state index is 0.273. The molecule has 0 saturated carbocycles. The zero-order valence-corrected chi connectivity index (χ0v) is 23.8. The maximum atomic E-state index is 13.2. The van der Waals surface area contributed by atoms with Gasteiger partial charge in [0.25, 0.3) is 0 Å². The Morgan fingerprint density at radius 3 is 1.77 bits per heavy atom. The molecule has 0 aliphatic heterocycles. The molecule has 0 spiro atoms. The summed E-state index contributed by atoms with van der Waals surface area (Å²) in [6.07, 6.45) is 21.8. The average molecular weight is 535 g/mol. The molecular formula is C25H47N2O6PS. The van der Waals surface area contributed by atoms with E-state index in [0.29, 0.717) is 37.0 Å². The van der Waals surface area contributed by atoms with Crippen LogP contribution in [-0.4, -0.2) is 70.1 Å². The lowest BCUT2D eigenvalue weighted by Crippen LogP contribution is -2.45. The molecule has 204 valence electrons. The SMILES string of the molecule is CCC=CCC=CCCOP(=O)(NCC[N+](C)(C)CCCS(=O)(=O)[O-])OCCC=CCC=CCC. The van der Waals surface area contributed by atoms with Crippen molar-refractivity contribution in [2.24, 2.45) is 0 Å². The van der Waals surface area contributed by atoms with Gasteiger partial charge in [0.05, 0.1) is 57.1 Å². The fourth-order valence-electron chi connectivity index (χ4n) is 2.99. The molecule has 0 radical (unpaired) electrons. The maximum absolute atomic E-state index is 13.2. The van der Waals surface area contributed by atoms with Crippen molar-refractivity contribution in [3.8, 4) is 0 Å². The van der Waals surface area contributed by atoms with Crippen LogP contribution in [0.2, 0.25) is 0 Å². The fraction of sp³-hybridized carbons (Fsp3) is 0.680. The van der Waals surface area contributed by atoms with Gasteiger partial charge in [0, 0.05) is 12.2 Å². The van der Waals surface area contributed by atoms with Crippen LogP contribution in [0.1, 0.15) is 58.8 Å². The summed E-state index contributed by atoms with van der Waals surface area (Å²) in [4.78, 5) is 0. The predicted octanol–water partition coefficient (Wildman–Crippen LogP) is 5.33. The van der Waals surface area contributed by atoms with E-state index >= 15 is 0 Å². The zero-order valence-electron chi connectivity index (χ0n) is 22.1. The van der Waals surface area contributed by atoms with Crippen molar-refractivity contribution in [2.45, 2.75) is 58.8 Å². The Kier molecular flexibility index (Phi) is 19.4. The van der Waals surface area contributed by atoms with Gasteiger partial charge >= 0.3 is 7.75 Å². The topological polar surface area (TPSA) is 105 Å². The Hall–Kier alpha value is -1.06. The molecular weight excluding hydrogens is 487 g/mol. The minimum atomic E-state index is -4.21. The van der Waals surface area contributed by atoms with E-state index in [2.05, 4.69) is 55.4 Å². The van der Waals surface area contributed by atoms with Crippen molar-refractivity contribution in [3.05, 3.63) is 48.6 Å². The zero-order chi connectivity index (χ0) is 26.5. The van der Waals surface area contributed by atoms with Crippen LogP contribution in [-0.2, 0) is 23.7 Å². The lowest BCUT2D eigenvalue weighted by molar-refractivity contribution is -0.889. The molecule has 0 atom stereocenters. The Morgan fingerprint density at radius 1 is 0.829 bits per heavy atom. The van der Waals surface area contributed by atoms with Gasteiger partial charge in [-0.2, -0.15) is 0 Å². The third kappa shape index (κ3) is 23.1. The summed E-state index contributed by atoms with van der Waals surface area (Å²) < 4.78 is 57.5. The standard InChI is InChI=1S/C25H47N2O6PS/c1-5-7-9-11-13-15-17-23-32-34(28,33-24-18-16-14-12-10-8-6-2)26-20-22-27(3,4)21-19-25-35(29,30)31/h7-10,13-16H,5-6,11-12,17-25H2,1-4H3,(H-,26,28,29,30,31). The van der Waals surface area contributed by atoms with Crippen molar-refractivity contribution in [2.75, 3.05) is 52.7 Å². The Morgan fingerprint density at radius 2 is 1.31 bits per heavy atom. The van der Waals surface area contributed by atoms with Crippen molar-refractivity contribution in [3.63, 3.8) is 0 Å². The largest absolute Gasteiger partial charge is 0.748 e. The van der Waals surface area contributed by atoms with E-state index < -0.39 is 17.9 Å². The van der Waals surface area contributed by atoms with E-state index in [4.69, 9.17) is 9.05 Å². The molecule has 0 amide bonds. The third-order valence-corrected chi connectivity index (χ3v) is 7.40. The second kappa shape index (κ2) is 20.0. The number of rotatable bonds is 22. The first kappa shape index (κ1) is 33.9. The lowest BCUT2D eigenvalue weighted by Gasteiger charge is -2.30. The average Bonchev–Trinajstić information content (AvgIpc) is 2.76. The molecule has 0 aromatic rings. The van der Waals surface area contributed by atoms with Gasteiger partial charge in [0.2, 0.25) is 0 Å². The highest BCUT2D eigenvalue weighted by atomic mass is 32.2. The second-order valence-corrected chi connectivity index (χ2v) is 12.2. The fourth-order valence-corrected chi connectivity index (χ4v) is 4.80. The van der Waals surface area contributed by atoms with E-state index in [9.17, 15) is 17.5 Å². The number of likely N-dealkylation sites (N-methyl/N-ethyl adjacent to an activating group) is 1. The summed E-state index contributed by atoms with van der Waals surface area (Å²) in [5, 5.41) is 2.94. The molecule has 0 aromatic carbocycles. The number of hydrogen-bond donors (Lipinski definition) is 1. The Balaban J connectivity index is 4.68. The summed E-state index contributed by atoms with van der Waals surface area (Å²) in [5.74, 6) is -0.379. The molecule has 0 aliphatic rings. The summed E-state index contributed by atoms with van der Waals surface area (Å²) >= 11 is 0. The smallest absolute Gasteiger partial charge is 0.405 e. The van der Waals surface area contributed by atoms with Crippen LogP contribution in [0, 0.1) is 0 Å². The van der Waals surface area contributed by atoms with E-state index in [1.54, 1.807) is 0 Å². The molecule has 35 heavy (non-hydrogen) atoms. The second-order valence-electron chi connectivity index (χ2n) is 8.82. The highest BCUT2D eigenvalue weighted by Crippen LogP contribution is 2.43. The van der Waals surface area contributed by atoms with Gasteiger partial charge in [-0.05, 0) is 38.5 Å². The normalized spacial score (nSPS) is 15.2. The van der Waals surface area contributed by atoms with Crippen LogP contribution in [0.5, 0.6) is 0 Å². The monoisotopic (exact) mass is 534 g/mol. The van der Waals surface area contributed by atoms with Gasteiger partial charge in [-0.1, -0.05) is 62.5 Å². The maximum Gasteiger partial charge on any atom is 0.405 e. The molecule has 8 nitrogen and oxygen atoms in total. The molecule has 0 aliphatic carbocycles. The number of hydrogen-bond acceptors (Lipinski definition) is 6. The van der Waals surface area contributed by atoms with Crippen molar-refractivity contribution < 1.29 is 31.1 Å². The van der Waals surface area contributed by atoms with Crippen LogP contribution in [0.25, 0.3) is 0 Å². The number of quaternary nitrogens is 1. The molecule has 1 N–H and O–H groups in total. The number of nitrogens with one attached hydrogen (secondary N) is 1. The van der Waals surface area contributed by atoms with Gasteiger partial charge < -0.3 is 9.04 Å². The van der Waals surface area contributed by atoms with E-state index in [0.717, 1.165) is 25.7 Å². The van der Waals surface area contributed by atoms with E-state index in [1.165, 1.54) is 0 Å².